The number of carbonyl (C=O) groups is 1. The highest BCUT2D eigenvalue weighted by atomic mass is 16.5. The molecule has 0 spiro atoms. The Labute approximate surface area is 391 Å². The Kier molecular flexibility index (Phi) is 27.2. The van der Waals surface area contributed by atoms with Crippen molar-refractivity contribution in [1.29, 1.82) is 0 Å². The summed E-state index contributed by atoms with van der Waals surface area (Å²) in [7, 11) is 2.04. The van der Waals surface area contributed by atoms with Gasteiger partial charge >= 0.3 is 5.97 Å². The van der Waals surface area contributed by atoms with Crippen molar-refractivity contribution < 1.29 is 9.53 Å². The number of unbranched alkanes of at least 4 members (excludes halogenated alkanes) is 2. The molecule has 0 saturated heterocycles. The largest absolute Gasteiger partial charge is 0.466 e. The number of ether oxygens (including phenoxy) is 1. The molecule has 0 amide bonds. The van der Waals surface area contributed by atoms with E-state index in [1.54, 1.807) is 64.7 Å². The van der Waals surface area contributed by atoms with Gasteiger partial charge in [-0.1, -0.05) is 158 Å². The first-order chi connectivity index (χ1) is 30.6. The summed E-state index contributed by atoms with van der Waals surface area (Å²) in [6.07, 6.45) is 37.1. The van der Waals surface area contributed by atoms with Crippen LogP contribution in [0.1, 0.15) is 222 Å². The molecule has 8 saturated carbocycles. The van der Waals surface area contributed by atoms with Gasteiger partial charge in [-0.15, -0.1) is 0 Å². The smallest absolute Gasteiger partial charge is 0.317 e. The summed E-state index contributed by atoms with van der Waals surface area (Å²) in [5.41, 5.74) is 0. The highest BCUT2D eigenvalue weighted by molar-refractivity contribution is 5.77. The van der Waals surface area contributed by atoms with Gasteiger partial charge in [-0.3, -0.25) is 4.79 Å². The Hall–Kier alpha value is -2.10. The molecule has 6 nitrogen and oxygen atoms in total. The summed E-state index contributed by atoms with van der Waals surface area (Å²) in [5.74, 6) is 12.4. The van der Waals surface area contributed by atoms with Crippen LogP contribution in [0, 0.1) is 96.6 Å². The van der Waals surface area contributed by atoms with Crippen LogP contribution in [0.2, 0.25) is 0 Å². The molecule has 16 unspecified atom stereocenters. The minimum absolute atomic E-state index is 0.0842. The fourth-order valence-corrected chi connectivity index (χ4v) is 10.5. The standard InChI is InChI=1S/C23H42.C8H17N.C7H9NO2.C7H11N.C7H14.C5H7N/c1-3-5-9-18-15-20(18)11-7-13-22-17-23(22)14-8-12-21-16-19(21)10-6-4-2;1-3-4-7-5-8(7)6-9-2;1-3-10-7(9)5-4-6(5)8-2;1-3-4-6-5-7(6)8-2;1-3-6-5-7(6)4-2;1-4-3-5(4)6-2/h18-23H,3-17H2,1-2H3;7-9H,3-6H2,1-2H3;5-6H,3-4H2,1H3;6-7H,3-5H2,1H3;6-7H,3-5H2,1-2H3;4-5H,3H2,1H3. The van der Waals surface area contributed by atoms with Crippen LogP contribution in [0.15, 0.2) is 0 Å². The van der Waals surface area contributed by atoms with E-state index in [0.29, 0.717) is 31.0 Å². The molecular weight excluding hydrogens is 773 g/mol. The van der Waals surface area contributed by atoms with E-state index in [0.717, 1.165) is 71.5 Å². The molecule has 16 atom stereocenters. The van der Waals surface area contributed by atoms with Crippen molar-refractivity contribution in [2.45, 2.75) is 240 Å². The highest BCUT2D eigenvalue weighted by Crippen LogP contribution is 2.51. The SMILES string of the molecule is CCC1CC1CC.CCCC1CC1CNC.CCCCC1CC1CCCC1CC1CCCC1CC1CCCC.[C-]#[N+]C1CC1C.[C-]#[N+]C1CC1C(=O)OCC.[C-]#[N+]C1CC1CCC. The number of hydrogen-bond donors (Lipinski definition) is 1. The van der Waals surface area contributed by atoms with Gasteiger partial charge in [0.05, 0.1) is 6.61 Å². The van der Waals surface area contributed by atoms with Gasteiger partial charge in [0.25, 0.3) is 0 Å². The zero-order chi connectivity index (χ0) is 46.1. The molecule has 8 rings (SSSR count). The third kappa shape index (κ3) is 23.8. The van der Waals surface area contributed by atoms with E-state index in [9.17, 15) is 4.79 Å². The van der Waals surface area contributed by atoms with Crippen LogP contribution in [0.3, 0.4) is 0 Å². The van der Waals surface area contributed by atoms with Crippen molar-refractivity contribution in [1.82, 2.24) is 5.32 Å². The van der Waals surface area contributed by atoms with Crippen molar-refractivity contribution >= 4 is 5.97 Å². The second-order valence-electron chi connectivity index (χ2n) is 21.8. The molecule has 8 aliphatic rings. The Morgan fingerprint density at radius 3 is 1.17 bits per heavy atom. The lowest BCUT2D eigenvalue weighted by molar-refractivity contribution is -0.144. The zero-order valence-corrected chi connectivity index (χ0v) is 42.7. The lowest BCUT2D eigenvalue weighted by atomic mass is 10.0. The van der Waals surface area contributed by atoms with E-state index in [1.165, 1.54) is 103 Å². The van der Waals surface area contributed by atoms with E-state index in [-0.39, 0.29) is 17.9 Å². The van der Waals surface area contributed by atoms with E-state index in [2.05, 4.69) is 68.3 Å². The molecule has 0 aromatic rings. The van der Waals surface area contributed by atoms with Gasteiger partial charge in [0.1, 0.15) is 5.92 Å². The Morgan fingerprint density at radius 1 is 0.476 bits per heavy atom. The molecule has 0 aromatic carbocycles. The monoisotopic (exact) mass is 873 g/mol. The molecule has 0 heterocycles. The molecule has 0 aliphatic heterocycles. The van der Waals surface area contributed by atoms with E-state index < -0.39 is 0 Å². The van der Waals surface area contributed by atoms with E-state index >= 15 is 0 Å². The van der Waals surface area contributed by atoms with Crippen molar-refractivity contribution in [2.24, 2.45) is 76.9 Å². The van der Waals surface area contributed by atoms with Gasteiger partial charge in [-0.05, 0) is 118 Å². The van der Waals surface area contributed by atoms with E-state index in [4.69, 9.17) is 24.5 Å². The molecule has 8 aliphatic carbocycles. The fraction of sp³-hybridized carbons (Fsp3) is 0.930. The van der Waals surface area contributed by atoms with Crippen LogP contribution in [-0.2, 0) is 9.53 Å². The summed E-state index contributed by atoms with van der Waals surface area (Å²) in [6, 6.07) is 0.721. The van der Waals surface area contributed by atoms with Gasteiger partial charge in [0.15, 0.2) is 0 Å². The summed E-state index contributed by atoms with van der Waals surface area (Å²) >= 11 is 0. The predicted molar refractivity (Wildman–Crippen MR) is 267 cm³/mol. The van der Waals surface area contributed by atoms with Crippen LogP contribution >= 0.6 is 0 Å². The fourth-order valence-electron chi connectivity index (χ4n) is 10.5. The van der Waals surface area contributed by atoms with Gasteiger partial charge in [-0.25, -0.2) is 19.7 Å². The number of hydrogen-bond acceptors (Lipinski definition) is 3. The molecule has 0 radical (unpaired) electrons. The van der Waals surface area contributed by atoms with Crippen molar-refractivity contribution in [3.63, 3.8) is 0 Å². The summed E-state index contributed by atoms with van der Waals surface area (Å²) < 4.78 is 4.72. The first-order valence-corrected chi connectivity index (χ1v) is 27.5. The predicted octanol–water partition coefficient (Wildman–Crippen LogP) is 16.0. The Balaban J connectivity index is 0.000000220. The summed E-state index contributed by atoms with van der Waals surface area (Å²) in [6.45, 7) is 39.0. The number of rotatable bonds is 24. The third-order valence-corrected chi connectivity index (χ3v) is 16.1. The molecule has 63 heavy (non-hydrogen) atoms. The van der Waals surface area contributed by atoms with Gasteiger partial charge in [0, 0.05) is 31.1 Å². The van der Waals surface area contributed by atoms with Crippen LogP contribution in [0.25, 0.3) is 14.5 Å². The number of nitrogens with one attached hydrogen (secondary N) is 1. The molecule has 0 aromatic heterocycles. The average molecular weight is 873 g/mol. The number of esters is 1. The minimum Gasteiger partial charge on any atom is -0.466 e. The number of nitrogens with zero attached hydrogens (tertiary/aromatic N) is 3. The van der Waals surface area contributed by atoms with Crippen molar-refractivity contribution in [2.75, 3.05) is 20.2 Å². The van der Waals surface area contributed by atoms with Crippen molar-refractivity contribution in [3.8, 4) is 0 Å². The third-order valence-electron chi connectivity index (χ3n) is 16.1. The van der Waals surface area contributed by atoms with Crippen LogP contribution < -0.4 is 5.32 Å². The van der Waals surface area contributed by atoms with Gasteiger partial charge in [-0.2, -0.15) is 0 Å². The molecule has 0 bridgehead atoms. The first kappa shape index (κ1) is 55.2. The minimum atomic E-state index is -0.205. The maximum atomic E-state index is 10.8. The molecule has 6 heteroatoms. The summed E-state index contributed by atoms with van der Waals surface area (Å²) in [5, 5.41) is 3.22. The average Bonchev–Trinajstić information content (AvgIpc) is 4.06. The molecule has 1 N–H and O–H groups in total. The van der Waals surface area contributed by atoms with Crippen molar-refractivity contribution in [3.05, 3.63) is 34.3 Å². The Morgan fingerprint density at radius 2 is 0.873 bits per heavy atom. The van der Waals surface area contributed by atoms with Crippen LogP contribution in [-0.4, -0.2) is 44.3 Å². The first-order valence-electron chi connectivity index (χ1n) is 27.5. The van der Waals surface area contributed by atoms with E-state index in [1.807, 2.05) is 7.05 Å². The topological polar surface area (TPSA) is 51.4 Å². The normalized spacial score (nSPS) is 35.6. The second kappa shape index (κ2) is 31.0. The lowest BCUT2D eigenvalue weighted by Crippen LogP contribution is -2.10. The highest BCUT2D eigenvalue weighted by Gasteiger charge is 2.51. The maximum Gasteiger partial charge on any atom is 0.317 e. The second-order valence-corrected chi connectivity index (χ2v) is 21.8. The van der Waals surface area contributed by atoms with Gasteiger partial charge < -0.3 is 24.6 Å². The molecule has 8 fully saturated rings. The molecule has 360 valence electrons. The lowest BCUT2D eigenvalue weighted by Gasteiger charge is -2.02. The summed E-state index contributed by atoms with van der Waals surface area (Å²) in [4.78, 5) is 20.8. The van der Waals surface area contributed by atoms with Crippen LogP contribution in [0.4, 0.5) is 0 Å². The number of carbonyl (C=O) groups excluding carboxylic acids is 1. The van der Waals surface area contributed by atoms with Gasteiger partial charge in [0.2, 0.25) is 18.1 Å². The quantitative estimate of drug-likeness (QED) is 0.0776. The van der Waals surface area contributed by atoms with Crippen LogP contribution in [0.5, 0.6) is 0 Å². The molecular formula is C57H100N4O2. The Bertz CT molecular complexity index is 1310. The maximum absolute atomic E-state index is 10.8. The zero-order valence-electron chi connectivity index (χ0n) is 42.7.